The third-order valence-electron chi connectivity index (χ3n) is 5.08. The monoisotopic (exact) mass is 450 g/mol. The molecule has 0 saturated carbocycles. The predicted octanol–water partition coefficient (Wildman–Crippen LogP) is 2.98. The summed E-state index contributed by atoms with van der Waals surface area (Å²) in [7, 11) is 1.25. The molecule has 166 valence electrons. The van der Waals surface area contributed by atoms with Crippen molar-refractivity contribution in [1.29, 1.82) is 0 Å². The highest BCUT2D eigenvalue weighted by Gasteiger charge is 2.29. The van der Waals surface area contributed by atoms with E-state index in [1.807, 2.05) is 6.07 Å². The Kier molecular flexibility index (Phi) is 7.37. The van der Waals surface area contributed by atoms with E-state index < -0.39 is 41.5 Å². The van der Waals surface area contributed by atoms with Crippen LogP contribution >= 0.6 is 11.3 Å². The number of rotatable bonds is 7. The second-order valence-electron chi connectivity index (χ2n) is 7.51. The average molecular weight is 451 g/mol. The van der Waals surface area contributed by atoms with Crippen molar-refractivity contribution in [1.82, 2.24) is 10.6 Å². The van der Waals surface area contributed by atoms with Crippen LogP contribution in [0.2, 0.25) is 0 Å². The van der Waals surface area contributed by atoms with Crippen LogP contribution in [0.3, 0.4) is 0 Å². The lowest BCUT2D eigenvalue weighted by atomic mass is 9.99. The number of carbonyl (C=O) groups is 3. The van der Waals surface area contributed by atoms with Gasteiger partial charge in [-0.2, -0.15) is 0 Å². The molecule has 2 atom stereocenters. The van der Waals surface area contributed by atoms with Gasteiger partial charge in [-0.15, -0.1) is 11.3 Å². The van der Waals surface area contributed by atoms with Crippen LogP contribution in [-0.2, 0) is 38.4 Å². The Morgan fingerprint density at radius 3 is 2.39 bits per heavy atom. The molecule has 3 rings (SSSR count). The van der Waals surface area contributed by atoms with Crippen molar-refractivity contribution in [2.24, 2.45) is 0 Å². The smallest absolute Gasteiger partial charge is 0.333 e. The van der Waals surface area contributed by atoms with Gasteiger partial charge in [-0.05, 0) is 61.9 Å². The van der Waals surface area contributed by atoms with E-state index in [-0.39, 0.29) is 12.0 Å². The maximum absolute atomic E-state index is 13.3. The van der Waals surface area contributed by atoms with Crippen molar-refractivity contribution in [2.45, 2.75) is 51.1 Å². The van der Waals surface area contributed by atoms with Gasteiger partial charge in [0.2, 0.25) is 11.8 Å². The molecule has 1 aliphatic rings. The van der Waals surface area contributed by atoms with E-state index in [9.17, 15) is 23.2 Å². The van der Waals surface area contributed by atoms with Gasteiger partial charge in [-0.1, -0.05) is 0 Å². The molecule has 31 heavy (non-hydrogen) atoms. The Morgan fingerprint density at radius 2 is 1.74 bits per heavy atom. The minimum absolute atomic E-state index is 0.152. The molecule has 0 aliphatic heterocycles. The molecule has 1 aliphatic carbocycles. The van der Waals surface area contributed by atoms with Gasteiger partial charge in [0.25, 0.3) is 0 Å². The van der Waals surface area contributed by atoms with Crippen LogP contribution in [0.25, 0.3) is 0 Å². The first-order valence-corrected chi connectivity index (χ1v) is 10.8. The zero-order valence-electron chi connectivity index (χ0n) is 17.3. The SMILES string of the molecule is COC(=O)C(NC(=O)[C@H](C)NC(=O)Cc1cc(F)cc(F)c1)c1cc2c(s1)CCCC2. The van der Waals surface area contributed by atoms with Crippen LogP contribution in [0.1, 0.15) is 46.7 Å². The Labute approximate surface area is 183 Å². The Morgan fingerprint density at radius 1 is 1.06 bits per heavy atom. The maximum Gasteiger partial charge on any atom is 0.333 e. The second-order valence-corrected chi connectivity index (χ2v) is 8.68. The number of carbonyl (C=O) groups excluding carboxylic acids is 3. The van der Waals surface area contributed by atoms with E-state index >= 15 is 0 Å². The van der Waals surface area contributed by atoms with Gasteiger partial charge in [-0.25, -0.2) is 13.6 Å². The van der Waals surface area contributed by atoms with E-state index in [1.54, 1.807) is 0 Å². The summed E-state index contributed by atoms with van der Waals surface area (Å²) in [5.41, 5.74) is 1.34. The molecule has 0 spiro atoms. The number of thiophene rings is 1. The lowest BCUT2D eigenvalue weighted by Gasteiger charge is -2.19. The van der Waals surface area contributed by atoms with Crippen molar-refractivity contribution >= 4 is 29.1 Å². The number of halogens is 2. The number of nitrogens with one attached hydrogen (secondary N) is 2. The first-order chi connectivity index (χ1) is 14.8. The Bertz CT molecular complexity index is 948. The topological polar surface area (TPSA) is 84.5 Å². The number of hydrogen-bond acceptors (Lipinski definition) is 5. The summed E-state index contributed by atoms with van der Waals surface area (Å²) in [6.07, 6.45) is 3.80. The van der Waals surface area contributed by atoms with Gasteiger partial charge in [0.15, 0.2) is 6.04 Å². The highest BCUT2D eigenvalue weighted by Crippen LogP contribution is 2.33. The highest BCUT2D eigenvalue weighted by molar-refractivity contribution is 7.12. The van der Waals surface area contributed by atoms with Crippen molar-refractivity contribution in [3.63, 3.8) is 0 Å². The Balaban J connectivity index is 1.64. The van der Waals surface area contributed by atoms with Crippen molar-refractivity contribution < 1.29 is 27.9 Å². The fourth-order valence-corrected chi connectivity index (χ4v) is 4.84. The summed E-state index contributed by atoms with van der Waals surface area (Å²) >= 11 is 1.49. The van der Waals surface area contributed by atoms with Gasteiger partial charge in [0.05, 0.1) is 13.5 Å². The van der Waals surface area contributed by atoms with E-state index in [1.165, 1.54) is 35.8 Å². The van der Waals surface area contributed by atoms with Gasteiger partial charge in [0.1, 0.15) is 17.7 Å². The molecule has 9 heteroatoms. The summed E-state index contributed by atoms with van der Waals surface area (Å²) in [6.45, 7) is 1.47. The number of methoxy groups -OCH3 is 1. The summed E-state index contributed by atoms with van der Waals surface area (Å²) in [6, 6.07) is 2.83. The summed E-state index contributed by atoms with van der Waals surface area (Å²) in [4.78, 5) is 39.1. The lowest BCUT2D eigenvalue weighted by molar-refractivity contribution is -0.145. The van der Waals surface area contributed by atoms with Crippen LogP contribution in [-0.4, -0.2) is 30.9 Å². The molecule has 0 radical (unpaired) electrons. The molecule has 1 aromatic heterocycles. The Hall–Kier alpha value is -2.81. The minimum atomic E-state index is -0.968. The standard InChI is InChI=1S/C22H24F2N2O4S/c1-12(25-19(27)9-13-7-15(23)11-16(24)8-13)21(28)26-20(22(29)30-2)18-10-14-5-3-4-6-17(14)31-18/h7-8,10-12,20H,3-6,9H2,1-2H3,(H,25,27)(H,26,28)/t12-,20?/m0/s1. The zero-order chi connectivity index (χ0) is 22.5. The largest absolute Gasteiger partial charge is 0.467 e. The second kappa shape index (κ2) is 10.00. The number of aryl methyl sites for hydroxylation is 2. The fourth-order valence-electron chi connectivity index (χ4n) is 3.54. The number of amides is 2. The molecule has 0 fully saturated rings. The van der Waals surface area contributed by atoms with Gasteiger partial charge < -0.3 is 15.4 Å². The number of hydrogen-bond donors (Lipinski definition) is 2. The normalized spacial score (nSPS) is 14.8. The molecule has 1 aromatic carbocycles. The van der Waals surface area contributed by atoms with Crippen LogP contribution in [0, 0.1) is 11.6 Å². The quantitative estimate of drug-likeness (QED) is 0.636. The molecule has 2 amide bonds. The fraction of sp³-hybridized carbons (Fsp3) is 0.409. The predicted molar refractivity (Wildman–Crippen MR) is 112 cm³/mol. The van der Waals surface area contributed by atoms with E-state index in [4.69, 9.17) is 4.74 Å². The average Bonchev–Trinajstić information content (AvgIpc) is 3.14. The highest BCUT2D eigenvalue weighted by atomic mass is 32.1. The summed E-state index contributed by atoms with van der Waals surface area (Å²) in [5, 5.41) is 5.13. The van der Waals surface area contributed by atoms with Crippen LogP contribution in [0.4, 0.5) is 8.78 Å². The van der Waals surface area contributed by atoms with Gasteiger partial charge in [-0.3, -0.25) is 9.59 Å². The summed E-state index contributed by atoms with van der Waals surface area (Å²) < 4.78 is 31.4. The van der Waals surface area contributed by atoms with Crippen LogP contribution < -0.4 is 10.6 Å². The van der Waals surface area contributed by atoms with E-state index in [0.717, 1.165) is 37.8 Å². The molecular weight excluding hydrogens is 426 g/mol. The number of esters is 1. The van der Waals surface area contributed by atoms with Crippen molar-refractivity contribution in [3.8, 4) is 0 Å². The summed E-state index contributed by atoms with van der Waals surface area (Å²) in [5.74, 6) is -3.31. The molecule has 0 bridgehead atoms. The third-order valence-corrected chi connectivity index (χ3v) is 6.38. The zero-order valence-corrected chi connectivity index (χ0v) is 18.1. The van der Waals surface area contributed by atoms with Gasteiger partial charge >= 0.3 is 5.97 Å². The first-order valence-electron chi connectivity index (χ1n) is 10.0. The molecule has 6 nitrogen and oxygen atoms in total. The van der Waals surface area contributed by atoms with Gasteiger partial charge in [0, 0.05) is 15.8 Å². The molecule has 2 N–H and O–H groups in total. The third kappa shape index (κ3) is 5.88. The van der Waals surface area contributed by atoms with E-state index in [0.29, 0.717) is 10.9 Å². The van der Waals surface area contributed by atoms with Crippen LogP contribution in [0.15, 0.2) is 24.3 Å². The van der Waals surface area contributed by atoms with Crippen molar-refractivity contribution in [3.05, 3.63) is 56.8 Å². The number of ether oxygens (including phenoxy) is 1. The van der Waals surface area contributed by atoms with Crippen LogP contribution in [0.5, 0.6) is 0 Å². The maximum atomic E-state index is 13.3. The first kappa shape index (κ1) is 22.9. The lowest BCUT2D eigenvalue weighted by Crippen LogP contribution is -2.47. The number of benzene rings is 1. The molecule has 1 unspecified atom stereocenters. The molecule has 0 saturated heterocycles. The minimum Gasteiger partial charge on any atom is -0.467 e. The van der Waals surface area contributed by atoms with E-state index in [2.05, 4.69) is 10.6 Å². The molecular formula is C22H24F2N2O4S. The van der Waals surface area contributed by atoms with Crippen molar-refractivity contribution in [2.75, 3.05) is 7.11 Å². The molecule has 2 aromatic rings. The molecule has 1 heterocycles. The number of fused-ring (bicyclic) bond motifs is 1.